The lowest BCUT2D eigenvalue weighted by Crippen LogP contribution is -2.46. The smallest absolute Gasteiger partial charge is 0.399 e. The van der Waals surface area contributed by atoms with Gasteiger partial charge in [0.2, 0.25) is 11.8 Å². The van der Waals surface area contributed by atoms with E-state index in [2.05, 4.69) is 5.32 Å². The number of carbonyl (C=O) groups excluding carboxylic acids is 2. The zero-order valence-corrected chi connectivity index (χ0v) is 23.0. The van der Waals surface area contributed by atoms with Crippen LogP contribution in [0.4, 0.5) is 0 Å². The maximum atomic E-state index is 13.8. The van der Waals surface area contributed by atoms with Gasteiger partial charge in [0, 0.05) is 19.0 Å². The number of benzene rings is 2. The summed E-state index contributed by atoms with van der Waals surface area (Å²) in [6.45, 7) is 10.3. The van der Waals surface area contributed by atoms with Gasteiger partial charge in [-0.1, -0.05) is 80.8 Å². The van der Waals surface area contributed by atoms with Crippen LogP contribution in [0.2, 0.25) is 0 Å². The van der Waals surface area contributed by atoms with Crippen LogP contribution in [0.5, 0.6) is 0 Å². The summed E-state index contributed by atoms with van der Waals surface area (Å²) in [6, 6.07) is 17.1. The van der Waals surface area contributed by atoms with Crippen molar-refractivity contribution < 1.29 is 18.9 Å². The van der Waals surface area contributed by atoms with Crippen LogP contribution in [0.1, 0.15) is 90.3 Å². The van der Waals surface area contributed by atoms with Crippen LogP contribution in [-0.2, 0) is 25.4 Å². The Kier molecular flexibility index (Phi) is 8.44. The molecule has 1 aliphatic carbocycles. The van der Waals surface area contributed by atoms with Crippen LogP contribution in [0.15, 0.2) is 54.6 Å². The Bertz CT molecular complexity index is 1050. The summed E-state index contributed by atoms with van der Waals surface area (Å²) >= 11 is 0. The second kappa shape index (κ2) is 11.4. The molecule has 1 N–H and O–H groups in total. The van der Waals surface area contributed by atoms with Gasteiger partial charge in [0.05, 0.1) is 11.2 Å². The molecular formula is C30H41BN2O4. The summed E-state index contributed by atoms with van der Waals surface area (Å²) in [5.74, 6) is -0.171. The van der Waals surface area contributed by atoms with Crippen LogP contribution < -0.4 is 10.8 Å². The first-order chi connectivity index (χ1) is 17.6. The number of rotatable bonds is 8. The minimum Gasteiger partial charge on any atom is -0.399 e. The molecule has 2 fully saturated rings. The third-order valence-electron chi connectivity index (χ3n) is 8.11. The number of carbonyl (C=O) groups is 2. The molecule has 37 heavy (non-hydrogen) atoms. The van der Waals surface area contributed by atoms with Gasteiger partial charge in [-0.3, -0.25) is 9.59 Å². The lowest BCUT2D eigenvalue weighted by molar-refractivity contribution is -0.141. The van der Waals surface area contributed by atoms with Gasteiger partial charge in [-0.05, 0) is 57.1 Å². The number of hydrogen-bond donors (Lipinski definition) is 1. The van der Waals surface area contributed by atoms with E-state index in [1.54, 1.807) is 4.90 Å². The monoisotopic (exact) mass is 504 g/mol. The minimum atomic E-state index is -0.720. The quantitative estimate of drug-likeness (QED) is 0.519. The molecule has 0 spiro atoms. The fourth-order valence-electron chi connectivity index (χ4n) is 5.12. The Labute approximate surface area is 222 Å². The highest BCUT2D eigenvalue weighted by molar-refractivity contribution is 6.62. The van der Waals surface area contributed by atoms with Crippen molar-refractivity contribution in [3.63, 3.8) is 0 Å². The van der Waals surface area contributed by atoms with Crippen LogP contribution in [0, 0.1) is 0 Å². The van der Waals surface area contributed by atoms with Crippen molar-refractivity contribution in [2.45, 2.75) is 103 Å². The summed E-state index contributed by atoms with van der Waals surface area (Å²) in [6.07, 6.45) is 5.76. The number of nitrogens with zero attached hydrogens (tertiary/aromatic N) is 1. The first kappa shape index (κ1) is 27.4. The maximum absolute atomic E-state index is 13.8. The van der Waals surface area contributed by atoms with Crippen molar-refractivity contribution in [1.82, 2.24) is 10.2 Å². The van der Waals surface area contributed by atoms with Gasteiger partial charge in [0.15, 0.2) is 0 Å². The van der Waals surface area contributed by atoms with Crippen molar-refractivity contribution in [3.05, 3.63) is 65.7 Å². The molecule has 1 saturated heterocycles. The molecule has 2 aromatic carbocycles. The predicted octanol–water partition coefficient (Wildman–Crippen LogP) is 4.91. The summed E-state index contributed by atoms with van der Waals surface area (Å²) < 4.78 is 12.4. The fourth-order valence-corrected chi connectivity index (χ4v) is 5.12. The molecule has 4 rings (SSSR count). The van der Waals surface area contributed by atoms with Gasteiger partial charge >= 0.3 is 7.12 Å². The van der Waals surface area contributed by atoms with Crippen molar-refractivity contribution >= 4 is 24.4 Å². The van der Waals surface area contributed by atoms with E-state index in [4.69, 9.17) is 9.31 Å². The molecule has 1 heterocycles. The Morgan fingerprint density at radius 1 is 0.946 bits per heavy atom. The first-order valence-corrected chi connectivity index (χ1v) is 13.7. The van der Waals surface area contributed by atoms with Crippen LogP contribution in [-0.4, -0.2) is 41.1 Å². The zero-order valence-electron chi connectivity index (χ0n) is 23.0. The lowest BCUT2D eigenvalue weighted by Gasteiger charge is -2.33. The van der Waals surface area contributed by atoms with E-state index < -0.39 is 24.4 Å². The van der Waals surface area contributed by atoms with E-state index in [1.807, 2.05) is 89.2 Å². The summed E-state index contributed by atoms with van der Waals surface area (Å²) in [4.78, 5) is 28.8. The fraction of sp³-hybridized carbons (Fsp3) is 0.533. The predicted molar refractivity (Wildman–Crippen MR) is 147 cm³/mol. The molecule has 2 amide bonds. The maximum Gasteiger partial charge on any atom is 0.494 e. The molecule has 1 unspecified atom stereocenters. The van der Waals surface area contributed by atoms with E-state index in [0.29, 0.717) is 13.0 Å². The topological polar surface area (TPSA) is 67.9 Å². The summed E-state index contributed by atoms with van der Waals surface area (Å²) in [5, 5.41) is 3.27. The van der Waals surface area contributed by atoms with Gasteiger partial charge in [0.25, 0.3) is 0 Å². The van der Waals surface area contributed by atoms with Crippen LogP contribution in [0.25, 0.3) is 0 Å². The van der Waals surface area contributed by atoms with Crippen molar-refractivity contribution in [2.75, 3.05) is 0 Å². The molecule has 2 aromatic rings. The molecule has 2 aliphatic rings. The van der Waals surface area contributed by atoms with Gasteiger partial charge in [0.1, 0.15) is 6.04 Å². The van der Waals surface area contributed by atoms with Crippen LogP contribution >= 0.6 is 0 Å². The second-order valence-electron chi connectivity index (χ2n) is 11.4. The Hall–Kier alpha value is -2.64. The molecule has 198 valence electrons. The minimum absolute atomic E-state index is 0.0531. The number of nitrogens with one attached hydrogen (secondary N) is 1. The highest BCUT2D eigenvalue weighted by Gasteiger charge is 2.51. The third kappa shape index (κ3) is 6.27. The Balaban J connectivity index is 1.64. The summed E-state index contributed by atoms with van der Waals surface area (Å²) in [5.41, 5.74) is 1.81. The van der Waals surface area contributed by atoms with Gasteiger partial charge in [-0.2, -0.15) is 0 Å². The molecule has 7 heteroatoms. The highest BCUT2D eigenvalue weighted by Crippen LogP contribution is 2.36. The Morgan fingerprint density at radius 2 is 1.54 bits per heavy atom. The zero-order chi connectivity index (χ0) is 26.6. The third-order valence-corrected chi connectivity index (χ3v) is 8.11. The van der Waals surface area contributed by atoms with E-state index in [-0.39, 0.29) is 17.9 Å². The van der Waals surface area contributed by atoms with Gasteiger partial charge in [-0.15, -0.1) is 0 Å². The largest absolute Gasteiger partial charge is 0.494 e. The molecule has 1 atom stereocenters. The Morgan fingerprint density at radius 3 is 2.11 bits per heavy atom. The average molecular weight is 504 g/mol. The van der Waals surface area contributed by atoms with E-state index >= 15 is 0 Å². The molecule has 1 saturated carbocycles. The van der Waals surface area contributed by atoms with Crippen LogP contribution in [0.3, 0.4) is 0 Å². The summed E-state index contributed by atoms with van der Waals surface area (Å²) in [7, 11) is -0.480. The van der Waals surface area contributed by atoms with Gasteiger partial charge in [-0.25, -0.2) is 0 Å². The molecule has 0 aromatic heterocycles. The molecule has 0 radical (unpaired) electrons. The standard InChI is InChI=1S/C30H41BN2O4/c1-6-26(34)33(21-22-13-9-7-10-14-22)27(28(35)32-25-15-11-8-12-16-25)23-17-19-24(20-18-23)31-36-29(2,3)30(4,5)37-31/h7,9-10,13-14,17-20,25,27H,6,8,11-12,15-16,21H2,1-5H3,(H,32,35). The number of hydrogen-bond acceptors (Lipinski definition) is 4. The highest BCUT2D eigenvalue weighted by atomic mass is 16.7. The van der Waals surface area contributed by atoms with Crippen molar-refractivity contribution in [3.8, 4) is 0 Å². The lowest BCUT2D eigenvalue weighted by atomic mass is 9.78. The van der Waals surface area contributed by atoms with E-state index in [9.17, 15) is 9.59 Å². The second-order valence-corrected chi connectivity index (χ2v) is 11.4. The molecule has 1 aliphatic heterocycles. The molecule has 6 nitrogen and oxygen atoms in total. The van der Waals surface area contributed by atoms with E-state index in [1.165, 1.54) is 6.42 Å². The molecular weight excluding hydrogens is 463 g/mol. The average Bonchev–Trinajstić information content (AvgIpc) is 3.11. The van der Waals surface area contributed by atoms with E-state index in [0.717, 1.165) is 42.3 Å². The van der Waals surface area contributed by atoms with Gasteiger partial charge < -0.3 is 19.5 Å². The SMILES string of the molecule is CCC(=O)N(Cc1ccccc1)C(C(=O)NC1CCCCC1)c1ccc(B2OC(C)(C)C(C)(C)O2)cc1. The number of amides is 2. The van der Waals surface area contributed by atoms with Crippen molar-refractivity contribution in [1.29, 1.82) is 0 Å². The molecule has 0 bridgehead atoms. The first-order valence-electron chi connectivity index (χ1n) is 13.7. The van der Waals surface area contributed by atoms with Crippen molar-refractivity contribution in [2.24, 2.45) is 0 Å². The normalized spacial score (nSPS) is 19.9.